The highest BCUT2D eigenvalue weighted by molar-refractivity contribution is 6.30. The summed E-state index contributed by atoms with van der Waals surface area (Å²) in [6.07, 6.45) is 5.10. The zero-order chi connectivity index (χ0) is 10.6. The van der Waals surface area contributed by atoms with Gasteiger partial charge in [-0.25, -0.2) is 0 Å². The van der Waals surface area contributed by atoms with E-state index in [0.717, 1.165) is 0 Å². The third kappa shape index (κ3) is 2.51. The standard InChI is InChI=1S/C11H10ClNO/c1-3-8-13(2)11(14)9-4-6-10(12)7-5-9/h1,4-7H,8H2,2H3. The first-order valence-corrected chi connectivity index (χ1v) is 4.47. The number of terminal acetylenes is 1. The number of hydrogen-bond acceptors (Lipinski definition) is 1. The summed E-state index contributed by atoms with van der Waals surface area (Å²) in [6, 6.07) is 6.71. The lowest BCUT2D eigenvalue weighted by Crippen LogP contribution is -2.26. The van der Waals surface area contributed by atoms with E-state index < -0.39 is 0 Å². The van der Waals surface area contributed by atoms with Crippen LogP contribution < -0.4 is 0 Å². The minimum atomic E-state index is -0.0976. The van der Waals surface area contributed by atoms with Crippen LogP contribution in [-0.4, -0.2) is 24.4 Å². The average Bonchev–Trinajstić information content (AvgIpc) is 2.18. The van der Waals surface area contributed by atoms with Crippen LogP contribution in [0.15, 0.2) is 24.3 Å². The third-order valence-corrected chi connectivity index (χ3v) is 2.02. The number of carbonyl (C=O) groups is 1. The van der Waals surface area contributed by atoms with Gasteiger partial charge in [0.2, 0.25) is 0 Å². The predicted molar refractivity (Wildman–Crippen MR) is 57.2 cm³/mol. The molecular weight excluding hydrogens is 198 g/mol. The Bertz CT molecular complexity index is 364. The highest BCUT2D eigenvalue weighted by atomic mass is 35.5. The molecule has 0 aromatic heterocycles. The fourth-order valence-electron chi connectivity index (χ4n) is 1.02. The summed E-state index contributed by atoms with van der Waals surface area (Å²) < 4.78 is 0. The summed E-state index contributed by atoms with van der Waals surface area (Å²) in [4.78, 5) is 13.1. The number of carbonyl (C=O) groups excluding carboxylic acids is 1. The van der Waals surface area contributed by atoms with E-state index in [1.807, 2.05) is 0 Å². The van der Waals surface area contributed by atoms with Crippen LogP contribution in [0.4, 0.5) is 0 Å². The molecule has 0 aliphatic heterocycles. The summed E-state index contributed by atoms with van der Waals surface area (Å²) in [5, 5.41) is 0.612. The van der Waals surface area contributed by atoms with Crippen LogP contribution in [0.3, 0.4) is 0 Å². The number of rotatable bonds is 2. The Balaban J connectivity index is 2.80. The summed E-state index contributed by atoms with van der Waals surface area (Å²) in [7, 11) is 1.66. The van der Waals surface area contributed by atoms with E-state index in [1.165, 1.54) is 4.90 Å². The first-order valence-electron chi connectivity index (χ1n) is 4.09. The minimum absolute atomic E-state index is 0.0976. The minimum Gasteiger partial charge on any atom is -0.331 e. The molecule has 0 heterocycles. The third-order valence-electron chi connectivity index (χ3n) is 1.77. The lowest BCUT2D eigenvalue weighted by atomic mass is 10.2. The molecule has 0 radical (unpaired) electrons. The summed E-state index contributed by atoms with van der Waals surface area (Å²) in [5.74, 6) is 2.31. The Morgan fingerprint density at radius 2 is 2.07 bits per heavy atom. The Morgan fingerprint density at radius 1 is 1.50 bits per heavy atom. The second-order valence-corrected chi connectivity index (χ2v) is 3.31. The summed E-state index contributed by atoms with van der Waals surface area (Å²) >= 11 is 5.70. The van der Waals surface area contributed by atoms with Gasteiger partial charge in [-0.3, -0.25) is 4.79 Å². The Hall–Kier alpha value is -1.46. The van der Waals surface area contributed by atoms with Gasteiger partial charge in [0.1, 0.15) is 0 Å². The number of hydrogen-bond donors (Lipinski definition) is 0. The molecule has 0 aliphatic carbocycles. The quantitative estimate of drug-likeness (QED) is 0.680. The Morgan fingerprint density at radius 3 is 2.57 bits per heavy atom. The van der Waals surface area contributed by atoms with Gasteiger partial charge in [-0.15, -0.1) is 6.42 Å². The smallest absolute Gasteiger partial charge is 0.254 e. The van der Waals surface area contributed by atoms with Gasteiger partial charge in [-0.2, -0.15) is 0 Å². The molecule has 1 amide bonds. The maximum absolute atomic E-state index is 11.6. The molecule has 0 fully saturated rings. The molecule has 0 N–H and O–H groups in total. The molecule has 0 saturated heterocycles. The fraction of sp³-hybridized carbons (Fsp3) is 0.182. The van der Waals surface area contributed by atoms with Gasteiger partial charge >= 0.3 is 0 Å². The van der Waals surface area contributed by atoms with Crippen LogP contribution in [-0.2, 0) is 0 Å². The SMILES string of the molecule is C#CCN(C)C(=O)c1ccc(Cl)cc1. The van der Waals surface area contributed by atoms with Crippen molar-refractivity contribution in [3.63, 3.8) is 0 Å². The molecule has 1 rings (SSSR count). The van der Waals surface area contributed by atoms with Crippen molar-refractivity contribution in [2.45, 2.75) is 0 Å². The predicted octanol–water partition coefficient (Wildman–Crippen LogP) is 2.05. The van der Waals surface area contributed by atoms with Crippen LogP contribution in [0, 0.1) is 12.3 Å². The summed E-state index contributed by atoms with van der Waals surface area (Å²) in [6.45, 7) is 0.307. The molecule has 0 bridgehead atoms. The first-order chi connectivity index (χ1) is 6.65. The molecule has 0 unspecified atom stereocenters. The normalized spacial score (nSPS) is 9.21. The zero-order valence-corrected chi connectivity index (χ0v) is 8.58. The molecular formula is C11H10ClNO. The van der Waals surface area contributed by atoms with Gasteiger partial charge in [0.05, 0.1) is 6.54 Å². The molecule has 1 aromatic rings. The van der Waals surface area contributed by atoms with Gasteiger partial charge in [0.15, 0.2) is 0 Å². The van der Waals surface area contributed by atoms with E-state index in [4.69, 9.17) is 18.0 Å². The first kappa shape index (κ1) is 10.6. The van der Waals surface area contributed by atoms with Gasteiger partial charge < -0.3 is 4.90 Å². The van der Waals surface area contributed by atoms with E-state index in [2.05, 4.69) is 5.92 Å². The lowest BCUT2D eigenvalue weighted by molar-refractivity contribution is 0.0812. The van der Waals surface area contributed by atoms with Crippen molar-refractivity contribution < 1.29 is 4.79 Å². The number of benzene rings is 1. The number of amides is 1. The second-order valence-electron chi connectivity index (χ2n) is 2.87. The highest BCUT2D eigenvalue weighted by Crippen LogP contribution is 2.10. The molecule has 0 aliphatic rings. The van der Waals surface area contributed by atoms with Crippen LogP contribution in [0.2, 0.25) is 5.02 Å². The van der Waals surface area contributed by atoms with Crippen LogP contribution in [0.1, 0.15) is 10.4 Å². The van der Waals surface area contributed by atoms with E-state index in [0.29, 0.717) is 17.1 Å². The molecule has 0 atom stereocenters. The van der Waals surface area contributed by atoms with Crippen molar-refractivity contribution >= 4 is 17.5 Å². The maximum Gasteiger partial charge on any atom is 0.254 e. The number of nitrogens with zero attached hydrogens (tertiary/aromatic N) is 1. The molecule has 0 saturated carbocycles. The van der Waals surface area contributed by atoms with Crippen molar-refractivity contribution in [3.05, 3.63) is 34.9 Å². The van der Waals surface area contributed by atoms with Crippen molar-refractivity contribution in [1.82, 2.24) is 4.90 Å². The Labute approximate surface area is 88.5 Å². The number of halogens is 1. The van der Waals surface area contributed by atoms with Gasteiger partial charge in [-0.1, -0.05) is 17.5 Å². The molecule has 2 nitrogen and oxygen atoms in total. The van der Waals surface area contributed by atoms with Crippen LogP contribution in [0.5, 0.6) is 0 Å². The fourth-order valence-corrected chi connectivity index (χ4v) is 1.15. The van der Waals surface area contributed by atoms with E-state index >= 15 is 0 Å². The monoisotopic (exact) mass is 207 g/mol. The molecule has 14 heavy (non-hydrogen) atoms. The average molecular weight is 208 g/mol. The van der Waals surface area contributed by atoms with Crippen molar-refractivity contribution in [2.75, 3.05) is 13.6 Å². The maximum atomic E-state index is 11.6. The van der Waals surface area contributed by atoms with Gasteiger partial charge in [0.25, 0.3) is 5.91 Å². The molecule has 1 aromatic carbocycles. The van der Waals surface area contributed by atoms with Gasteiger partial charge in [-0.05, 0) is 24.3 Å². The zero-order valence-electron chi connectivity index (χ0n) is 7.83. The van der Waals surface area contributed by atoms with Gasteiger partial charge in [0, 0.05) is 17.6 Å². The van der Waals surface area contributed by atoms with E-state index in [-0.39, 0.29) is 5.91 Å². The van der Waals surface area contributed by atoms with E-state index in [1.54, 1.807) is 31.3 Å². The molecule has 0 spiro atoms. The van der Waals surface area contributed by atoms with Crippen molar-refractivity contribution in [2.24, 2.45) is 0 Å². The van der Waals surface area contributed by atoms with E-state index in [9.17, 15) is 4.79 Å². The van der Waals surface area contributed by atoms with Crippen molar-refractivity contribution in [1.29, 1.82) is 0 Å². The van der Waals surface area contributed by atoms with Crippen molar-refractivity contribution in [3.8, 4) is 12.3 Å². The lowest BCUT2D eigenvalue weighted by Gasteiger charge is -2.13. The summed E-state index contributed by atoms with van der Waals surface area (Å²) in [5.41, 5.74) is 0.590. The topological polar surface area (TPSA) is 20.3 Å². The highest BCUT2D eigenvalue weighted by Gasteiger charge is 2.09. The second kappa shape index (κ2) is 4.69. The largest absolute Gasteiger partial charge is 0.331 e. The van der Waals surface area contributed by atoms with Crippen LogP contribution >= 0.6 is 11.6 Å². The molecule has 72 valence electrons. The van der Waals surface area contributed by atoms with Crippen LogP contribution in [0.25, 0.3) is 0 Å². The molecule has 3 heteroatoms. The Kier molecular flexibility index (Phi) is 3.55.